The minimum Gasteiger partial charge on any atom is -0.481 e. The summed E-state index contributed by atoms with van der Waals surface area (Å²) in [7, 11) is 0. The van der Waals surface area contributed by atoms with Crippen LogP contribution in [-0.4, -0.2) is 51.7 Å². The third-order valence-corrected chi connectivity index (χ3v) is 6.01. The molecule has 3 aromatic rings. The lowest BCUT2D eigenvalue weighted by atomic mass is 9.98. The van der Waals surface area contributed by atoms with Crippen LogP contribution in [0.4, 0.5) is 0 Å². The van der Waals surface area contributed by atoms with Crippen LogP contribution in [0.2, 0.25) is 0 Å². The van der Waals surface area contributed by atoms with Gasteiger partial charge in [-0.2, -0.15) is 0 Å². The fourth-order valence-corrected chi connectivity index (χ4v) is 4.24. The Morgan fingerprint density at radius 2 is 1.88 bits per heavy atom. The maximum atomic E-state index is 12.7. The Kier molecular flexibility index (Phi) is 8.59. The van der Waals surface area contributed by atoms with Gasteiger partial charge in [-0.25, -0.2) is 0 Å². The van der Waals surface area contributed by atoms with Crippen LogP contribution in [0.5, 0.6) is 0 Å². The van der Waals surface area contributed by atoms with Crippen molar-refractivity contribution in [2.45, 2.75) is 37.6 Å². The summed E-state index contributed by atoms with van der Waals surface area (Å²) < 4.78 is 0. The lowest BCUT2D eigenvalue weighted by Gasteiger charge is -2.18. The van der Waals surface area contributed by atoms with Gasteiger partial charge in [0.15, 0.2) is 0 Å². The van der Waals surface area contributed by atoms with E-state index in [1.807, 2.05) is 17.5 Å². The minimum absolute atomic E-state index is 0.211. The summed E-state index contributed by atoms with van der Waals surface area (Å²) in [6.45, 7) is 0.437. The number of thiophene rings is 1. The van der Waals surface area contributed by atoms with Crippen LogP contribution in [0.15, 0.2) is 48.1 Å². The zero-order valence-corrected chi connectivity index (χ0v) is 18.6. The van der Waals surface area contributed by atoms with Gasteiger partial charge in [0.1, 0.15) is 6.29 Å². The van der Waals surface area contributed by atoms with Crippen LogP contribution < -0.4 is 10.6 Å². The molecule has 9 nitrogen and oxygen atoms in total. The van der Waals surface area contributed by atoms with Gasteiger partial charge in [0, 0.05) is 29.4 Å². The third-order valence-electron chi connectivity index (χ3n) is 5.03. The smallest absolute Gasteiger partial charge is 0.305 e. The number of rotatable bonds is 12. The zero-order valence-electron chi connectivity index (χ0n) is 17.8. The van der Waals surface area contributed by atoms with E-state index in [1.54, 1.807) is 30.6 Å². The Morgan fingerprint density at radius 3 is 2.58 bits per heavy atom. The van der Waals surface area contributed by atoms with Crippen LogP contribution in [0.25, 0.3) is 11.0 Å². The Morgan fingerprint density at radius 1 is 1.09 bits per heavy atom. The standard InChI is InChI=1S/C23H24N4O5S/c28-14-16(13-21(29)30)27-23(32)17(20-5-3-11-33-20)4-1-2-8-26-22(31)15-6-7-18-19(12-15)25-10-9-24-18/h3,5-7,9-12,14,16-17H,1-2,4,8,13H2,(H,26,31)(H,27,32)(H,29,30)/t16-,17?/m1/s1. The van der Waals surface area contributed by atoms with E-state index < -0.39 is 24.3 Å². The number of aldehydes is 1. The second kappa shape index (κ2) is 11.8. The SMILES string of the molecule is O=C[C@@H](CC(=O)O)NC(=O)C(CCCCNC(=O)c1ccc2nccnc2c1)c1cccs1. The maximum absolute atomic E-state index is 12.7. The summed E-state index contributed by atoms with van der Waals surface area (Å²) in [5.74, 6) is -2.24. The second-order valence-electron chi connectivity index (χ2n) is 7.43. The largest absolute Gasteiger partial charge is 0.481 e. The Hall–Kier alpha value is -3.66. The average molecular weight is 469 g/mol. The van der Waals surface area contributed by atoms with Gasteiger partial charge < -0.3 is 20.5 Å². The quantitative estimate of drug-likeness (QED) is 0.274. The molecule has 3 N–H and O–H groups in total. The van der Waals surface area contributed by atoms with Gasteiger partial charge in [-0.15, -0.1) is 11.3 Å². The van der Waals surface area contributed by atoms with Crippen molar-refractivity contribution in [2.24, 2.45) is 0 Å². The molecular formula is C23H24N4O5S. The van der Waals surface area contributed by atoms with Gasteiger partial charge in [0.25, 0.3) is 5.91 Å². The number of nitrogens with zero attached hydrogens (tertiary/aromatic N) is 2. The van der Waals surface area contributed by atoms with Crippen molar-refractivity contribution in [1.82, 2.24) is 20.6 Å². The molecule has 2 aromatic heterocycles. The van der Waals surface area contributed by atoms with Crippen LogP contribution in [0, 0.1) is 0 Å². The normalized spacial score (nSPS) is 12.6. The highest BCUT2D eigenvalue weighted by Gasteiger charge is 2.24. The van der Waals surface area contributed by atoms with E-state index in [2.05, 4.69) is 20.6 Å². The molecule has 0 aliphatic rings. The average Bonchev–Trinajstić information content (AvgIpc) is 3.34. The minimum atomic E-state index is -1.16. The van der Waals surface area contributed by atoms with Crippen molar-refractivity contribution in [2.75, 3.05) is 6.54 Å². The van der Waals surface area contributed by atoms with Crippen molar-refractivity contribution in [3.05, 3.63) is 58.5 Å². The number of fused-ring (bicyclic) bond motifs is 1. The Balaban J connectivity index is 1.50. The number of nitrogens with one attached hydrogen (secondary N) is 2. The summed E-state index contributed by atoms with van der Waals surface area (Å²) in [4.78, 5) is 56.3. The Labute approximate surface area is 194 Å². The van der Waals surface area contributed by atoms with Crippen molar-refractivity contribution in [1.29, 1.82) is 0 Å². The molecule has 0 saturated carbocycles. The number of unbranched alkanes of at least 4 members (excludes halogenated alkanes) is 1. The molecule has 0 saturated heterocycles. The van der Waals surface area contributed by atoms with Crippen LogP contribution in [-0.2, 0) is 14.4 Å². The summed E-state index contributed by atoms with van der Waals surface area (Å²) >= 11 is 1.43. The van der Waals surface area contributed by atoms with E-state index in [1.165, 1.54) is 11.3 Å². The molecule has 0 spiro atoms. The molecule has 2 atom stereocenters. The number of aliphatic carboxylic acids is 1. The maximum Gasteiger partial charge on any atom is 0.305 e. The number of carbonyl (C=O) groups is 4. The monoisotopic (exact) mass is 468 g/mol. The van der Waals surface area contributed by atoms with Gasteiger partial charge in [-0.1, -0.05) is 12.5 Å². The number of carboxylic acids is 1. The summed E-state index contributed by atoms with van der Waals surface area (Å²) in [5.41, 5.74) is 1.86. The fraction of sp³-hybridized carbons (Fsp3) is 0.304. The first-order chi connectivity index (χ1) is 16.0. The number of benzene rings is 1. The van der Waals surface area contributed by atoms with Gasteiger partial charge in [0.05, 0.1) is 29.4 Å². The van der Waals surface area contributed by atoms with Gasteiger partial charge in [-0.05, 0) is 42.5 Å². The molecule has 172 valence electrons. The first-order valence-corrected chi connectivity index (χ1v) is 11.4. The van der Waals surface area contributed by atoms with E-state index in [4.69, 9.17) is 5.11 Å². The van der Waals surface area contributed by atoms with E-state index in [0.717, 1.165) is 4.88 Å². The van der Waals surface area contributed by atoms with E-state index in [-0.39, 0.29) is 11.8 Å². The van der Waals surface area contributed by atoms with E-state index >= 15 is 0 Å². The lowest BCUT2D eigenvalue weighted by Crippen LogP contribution is -2.40. The van der Waals surface area contributed by atoms with E-state index in [0.29, 0.717) is 48.7 Å². The summed E-state index contributed by atoms with van der Waals surface area (Å²) in [5, 5.41) is 16.1. The lowest BCUT2D eigenvalue weighted by molar-refractivity contribution is -0.138. The molecule has 0 radical (unpaired) electrons. The topological polar surface area (TPSA) is 138 Å². The van der Waals surface area contributed by atoms with Gasteiger partial charge in [0.2, 0.25) is 5.91 Å². The summed E-state index contributed by atoms with van der Waals surface area (Å²) in [6, 6.07) is 7.75. The van der Waals surface area contributed by atoms with Gasteiger partial charge >= 0.3 is 5.97 Å². The molecule has 1 aromatic carbocycles. The highest BCUT2D eigenvalue weighted by Crippen LogP contribution is 2.26. The predicted octanol–water partition coefficient (Wildman–Crippen LogP) is 2.53. The molecule has 2 heterocycles. The predicted molar refractivity (Wildman–Crippen MR) is 123 cm³/mol. The molecule has 0 bridgehead atoms. The molecule has 0 aliphatic carbocycles. The van der Waals surface area contributed by atoms with Crippen molar-refractivity contribution in [3.8, 4) is 0 Å². The van der Waals surface area contributed by atoms with Crippen LogP contribution in [0.1, 0.15) is 46.8 Å². The van der Waals surface area contributed by atoms with Crippen molar-refractivity contribution < 1.29 is 24.3 Å². The number of hydrogen-bond donors (Lipinski definition) is 3. The number of carboxylic acid groups (broad SMARTS) is 1. The molecule has 1 unspecified atom stereocenters. The van der Waals surface area contributed by atoms with E-state index in [9.17, 15) is 19.2 Å². The first-order valence-electron chi connectivity index (χ1n) is 10.5. The van der Waals surface area contributed by atoms with Crippen molar-refractivity contribution in [3.63, 3.8) is 0 Å². The highest BCUT2D eigenvalue weighted by molar-refractivity contribution is 7.10. The number of aromatic nitrogens is 2. The fourth-order valence-electron chi connectivity index (χ4n) is 3.38. The van der Waals surface area contributed by atoms with Crippen molar-refractivity contribution >= 4 is 46.4 Å². The summed E-state index contributed by atoms with van der Waals surface area (Å²) in [6.07, 6.45) is 4.96. The van der Waals surface area contributed by atoms with Crippen LogP contribution in [0.3, 0.4) is 0 Å². The number of hydrogen-bond acceptors (Lipinski definition) is 7. The molecule has 0 fully saturated rings. The first kappa shape index (κ1) is 24.0. The van der Waals surface area contributed by atoms with Gasteiger partial charge in [-0.3, -0.25) is 24.4 Å². The zero-order chi connectivity index (χ0) is 23.6. The highest BCUT2D eigenvalue weighted by atomic mass is 32.1. The number of carbonyl (C=O) groups excluding carboxylic acids is 3. The molecule has 2 amide bonds. The molecular weight excluding hydrogens is 444 g/mol. The molecule has 33 heavy (non-hydrogen) atoms. The number of amides is 2. The molecule has 3 rings (SSSR count). The molecule has 10 heteroatoms. The third kappa shape index (κ3) is 6.91. The molecule has 0 aliphatic heterocycles. The van der Waals surface area contributed by atoms with Crippen LogP contribution >= 0.6 is 11.3 Å². The Bertz CT molecular complexity index is 1120. The second-order valence-corrected chi connectivity index (χ2v) is 8.41.